The molecular weight excluding hydrogens is 471 g/mol. The molecule has 0 radical (unpaired) electrons. The molecule has 1 aliphatic rings. The van der Waals surface area contributed by atoms with Crippen LogP contribution in [0.3, 0.4) is 0 Å². The Hall–Kier alpha value is -3.19. The molecule has 8 heteroatoms. The standard InChI is InChI=1S/C26H24Cl2N4O2/c1-31(2)15-23(33)32(3)20-11-9-19(10-12-20)29-25(16-4-6-17(27)7-5-16)24-21-13-8-18(28)14-22(21)30-26(24)34/h4-14,24H,15H2,1-3H3,(H,30,34). The van der Waals surface area contributed by atoms with Crippen LogP contribution in [-0.4, -0.2) is 50.1 Å². The van der Waals surface area contributed by atoms with E-state index < -0.39 is 5.92 Å². The normalized spacial score (nSPS) is 15.3. The third kappa shape index (κ3) is 5.14. The Morgan fingerprint density at radius 2 is 1.59 bits per heavy atom. The van der Waals surface area contributed by atoms with Gasteiger partial charge in [0, 0.05) is 28.5 Å². The van der Waals surface area contributed by atoms with Crippen molar-refractivity contribution < 1.29 is 9.59 Å². The van der Waals surface area contributed by atoms with Gasteiger partial charge in [-0.2, -0.15) is 0 Å². The van der Waals surface area contributed by atoms with Crippen molar-refractivity contribution in [2.75, 3.05) is 37.9 Å². The molecule has 1 heterocycles. The summed E-state index contributed by atoms with van der Waals surface area (Å²) in [6.45, 7) is 0.317. The highest BCUT2D eigenvalue weighted by Crippen LogP contribution is 2.38. The molecule has 3 aromatic rings. The van der Waals surface area contributed by atoms with Crippen molar-refractivity contribution in [1.29, 1.82) is 0 Å². The second-order valence-electron chi connectivity index (χ2n) is 8.36. The minimum atomic E-state index is -0.600. The van der Waals surface area contributed by atoms with Gasteiger partial charge in [0.05, 0.1) is 17.9 Å². The Kier molecular flexibility index (Phi) is 7.03. The first kappa shape index (κ1) is 24.0. The number of hydrogen-bond donors (Lipinski definition) is 1. The molecule has 1 N–H and O–H groups in total. The second kappa shape index (κ2) is 9.97. The summed E-state index contributed by atoms with van der Waals surface area (Å²) in [6.07, 6.45) is 0. The Labute approximate surface area is 208 Å². The largest absolute Gasteiger partial charge is 0.325 e. The molecule has 0 bridgehead atoms. The van der Waals surface area contributed by atoms with E-state index in [-0.39, 0.29) is 11.8 Å². The number of benzene rings is 3. The van der Waals surface area contributed by atoms with Gasteiger partial charge in [-0.15, -0.1) is 0 Å². The van der Waals surface area contributed by atoms with Crippen LogP contribution in [0.25, 0.3) is 0 Å². The molecule has 1 aliphatic heterocycles. The zero-order valence-corrected chi connectivity index (χ0v) is 20.6. The fraction of sp³-hybridized carbons (Fsp3) is 0.192. The van der Waals surface area contributed by atoms with Crippen molar-refractivity contribution in [1.82, 2.24) is 4.90 Å². The number of nitrogens with zero attached hydrogens (tertiary/aromatic N) is 3. The molecule has 0 aliphatic carbocycles. The fourth-order valence-electron chi connectivity index (χ4n) is 3.83. The van der Waals surface area contributed by atoms with Crippen LogP contribution in [0.2, 0.25) is 10.0 Å². The third-order valence-corrected chi connectivity index (χ3v) is 6.06. The van der Waals surface area contributed by atoms with Crippen LogP contribution in [0.15, 0.2) is 71.7 Å². The van der Waals surface area contributed by atoms with Gasteiger partial charge in [-0.25, -0.2) is 0 Å². The maximum absolute atomic E-state index is 13.0. The van der Waals surface area contributed by atoms with E-state index in [2.05, 4.69) is 5.32 Å². The van der Waals surface area contributed by atoms with Crippen molar-refractivity contribution in [2.45, 2.75) is 5.92 Å². The lowest BCUT2D eigenvalue weighted by molar-refractivity contribution is -0.119. The number of halogens is 2. The number of rotatable bonds is 6. The van der Waals surface area contributed by atoms with E-state index in [1.54, 1.807) is 36.2 Å². The first-order chi connectivity index (χ1) is 16.2. The average Bonchev–Trinajstić information content (AvgIpc) is 3.12. The van der Waals surface area contributed by atoms with Gasteiger partial charge in [-0.05, 0) is 73.8 Å². The number of carbonyl (C=O) groups is 2. The third-order valence-electron chi connectivity index (χ3n) is 5.57. The van der Waals surface area contributed by atoms with E-state index in [0.29, 0.717) is 33.7 Å². The van der Waals surface area contributed by atoms with Crippen LogP contribution in [0.1, 0.15) is 17.0 Å². The van der Waals surface area contributed by atoms with Crippen molar-refractivity contribution >= 4 is 57.8 Å². The van der Waals surface area contributed by atoms with E-state index in [9.17, 15) is 9.59 Å². The molecular formula is C26H24Cl2N4O2. The molecule has 174 valence electrons. The summed E-state index contributed by atoms with van der Waals surface area (Å²) in [4.78, 5) is 33.7. The van der Waals surface area contributed by atoms with Gasteiger partial charge in [-0.3, -0.25) is 14.6 Å². The number of aliphatic imine (C=N–C) groups is 1. The Bertz CT molecular complexity index is 1250. The molecule has 0 aromatic heterocycles. The summed E-state index contributed by atoms with van der Waals surface area (Å²) >= 11 is 12.2. The topological polar surface area (TPSA) is 65.0 Å². The summed E-state index contributed by atoms with van der Waals surface area (Å²) in [7, 11) is 5.45. The molecule has 6 nitrogen and oxygen atoms in total. The summed E-state index contributed by atoms with van der Waals surface area (Å²) < 4.78 is 0. The number of carbonyl (C=O) groups excluding carboxylic acids is 2. The van der Waals surface area contributed by atoms with Crippen LogP contribution in [0.5, 0.6) is 0 Å². The SMILES string of the molecule is CN(C)CC(=O)N(C)c1ccc(N=C(c2ccc(Cl)cc2)C2C(=O)Nc3cc(Cl)ccc32)cc1. The monoisotopic (exact) mass is 494 g/mol. The predicted molar refractivity (Wildman–Crippen MR) is 139 cm³/mol. The number of fused-ring (bicyclic) bond motifs is 1. The first-order valence-corrected chi connectivity index (χ1v) is 11.4. The molecule has 0 saturated carbocycles. The van der Waals surface area contributed by atoms with Crippen molar-refractivity contribution in [2.24, 2.45) is 4.99 Å². The zero-order valence-electron chi connectivity index (χ0n) is 19.0. The lowest BCUT2D eigenvalue weighted by Gasteiger charge is -2.20. The Morgan fingerprint density at radius 3 is 2.24 bits per heavy atom. The lowest BCUT2D eigenvalue weighted by atomic mass is 9.90. The quantitative estimate of drug-likeness (QED) is 0.468. The van der Waals surface area contributed by atoms with Crippen molar-refractivity contribution in [3.8, 4) is 0 Å². The maximum atomic E-state index is 13.0. The maximum Gasteiger partial charge on any atom is 0.240 e. The van der Waals surface area contributed by atoms with Gasteiger partial charge >= 0.3 is 0 Å². The highest BCUT2D eigenvalue weighted by molar-refractivity contribution is 6.32. The van der Waals surface area contributed by atoms with Crippen LogP contribution in [0, 0.1) is 0 Å². The summed E-state index contributed by atoms with van der Waals surface area (Å²) in [5, 5.41) is 4.06. The second-order valence-corrected chi connectivity index (χ2v) is 9.24. The molecule has 1 atom stereocenters. The van der Waals surface area contributed by atoms with Crippen molar-refractivity contribution in [3.63, 3.8) is 0 Å². The van der Waals surface area contributed by atoms with E-state index in [1.165, 1.54) is 0 Å². The van der Waals surface area contributed by atoms with E-state index in [0.717, 1.165) is 16.8 Å². The number of hydrogen-bond acceptors (Lipinski definition) is 4. The van der Waals surface area contributed by atoms with Crippen molar-refractivity contribution in [3.05, 3.63) is 87.9 Å². The van der Waals surface area contributed by atoms with Gasteiger partial charge < -0.3 is 15.1 Å². The van der Waals surface area contributed by atoms with Gasteiger partial charge in [0.15, 0.2) is 0 Å². The van der Waals surface area contributed by atoms with Crippen LogP contribution in [-0.2, 0) is 9.59 Å². The first-order valence-electron chi connectivity index (χ1n) is 10.7. The van der Waals surface area contributed by atoms with Gasteiger partial charge in [0.25, 0.3) is 0 Å². The Balaban J connectivity index is 1.72. The predicted octanol–water partition coefficient (Wildman–Crippen LogP) is 5.37. The number of anilines is 2. The summed E-state index contributed by atoms with van der Waals surface area (Å²) in [5.41, 5.74) is 4.30. The van der Waals surface area contributed by atoms with Crippen LogP contribution >= 0.6 is 23.2 Å². The van der Waals surface area contributed by atoms with Gasteiger partial charge in [0.1, 0.15) is 5.92 Å². The van der Waals surface area contributed by atoms with Crippen LogP contribution in [0.4, 0.5) is 17.1 Å². The molecule has 0 fully saturated rings. The highest BCUT2D eigenvalue weighted by atomic mass is 35.5. The highest BCUT2D eigenvalue weighted by Gasteiger charge is 2.35. The number of nitrogens with one attached hydrogen (secondary N) is 1. The van der Waals surface area contributed by atoms with E-state index in [4.69, 9.17) is 28.2 Å². The zero-order chi connectivity index (χ0) is 24.4. The van der Waals surface area contributed by atoms with E-state index in [1.807, 2.05) is 61.5 Å². The van der Waals surface area contributed by atoms with Gasteiger partial charge in [-0.1, -0.05) is 41.4 Å². The molecule has 2 amide bonds. The molecule has 0 saturated heterocycles. The number of amides is 2. The minimum absolute atomic E-state index is 0.0130. The molecule has 3 aromatic carbocycles. The lowest BCUT2D eigenvalue weighted by Crippen LogP contribution is -2.34. The molecule has 1 unspecified atom stereocenters. The van der Waals surface area contributed by atoms with E-state index >= 15 is 0 Å². The fourth-order valence-corrected chi connectivity index (χ4v) is 4.13. The number of likely N-dealkylation sites (N-methyl/N-ethyl adjacent to an activating group) is 2. The smallest absolute Gasteiger partial charge is 0.240 e. The minimum Gasteiger partial charge on any atom is -0.325 e. The molecule has 34 heavy (non-hydrogen) atoms. The molecule has 4 rings (SSSR count). The van der Waals surface area contributed by atoms with Gasteiger partial charge in [0.2, 0.25) is 11.8 Å². The molecule has 0 spiro atoms. The summed E-state index contributed by atoms with van der Waals surface area (Å²) in [5.74, 6) is -0.782. The summed E-state index contributed by atoms with van der Waals surface area (Å²) in [6, 6.07) is 20.0. The average molecular weight is 495 g/mol. The van der Waals surface area contributed by atoms with Crippen LogP contribution < -0.4 is 10.2 Å². The Morgan fingerprint density at radius 1 is 0.941 bits per heavy atom.